The second kappa shape index (κ2) is 20.1. The number of rotatable bonds is 22. The fourth-order valence-corrected chi connectivity index (χ4v) is 5.88. The van der Waals surface area contributed by atoms with E-state index in [4.69, 9.17) is 39.6 Å². The summed E-state index contributed by atoms with van der Waals surface area (Å²) in [6.07, 6.45) is 5.10. The van der Waals surface area contributed by atoms with Gasteiger partial charge < -0.3 is 33.2 Å². The van der Waals surface area contributed by atoms with Gasteiger partial charge in [0.25, 0.3) is 0 Å². The van der Waals surface area contributed by atoms with Crippen LogP contribution >= 0.6 is 0 Å². The lowest BCUT2D eigenvalue weighted by Crippen LogP contribution is -2.49. The van der Waals surface area contributed by atoms with Crippen molar-refractivity contribution in [2.24, 2.45) is 5.92 Å². The molecule has 0 saturated carbocycles. The zero-order valence-electron chi connectivity index (χ0n) is 27.9. The Labute approximate surface area is 274 Å². The van der Waals surface area contributed by atoms with Gasteiger partial charge in [-0.05, 0) is 68.7 Å². The maximum absolute atomic E-state index is 14.0. The van der Waals surface area contributed by atoms with E-state index in [1.54, 1.807) is 71.0 Å². The molecule has 46 heavy (non-hydrogen) atoms. The Morgan fingerprint density at radius 3 is 1.78 bits per heavy atom. The molecule has 0 aliphatic heterocycles. The van der Waals surface area contributed by atoms with Crippen LogP contribution in [0.4, 0.5) is 0 Å². The molecule has 1 atom stereocenters. The molecule has 0 amide bonds. The molecule has 0 radical (unpaired) electrons. The van der Waals surface area contributed by atoms with Gasteiger partial charge in [0, 0.05) is 6.54 Å². The van der Waals surface area contributed by atoms with E-state index in [2.05, 4.69) is 5.92 Å². The molecule has 0 aliphatic rings. The van der Waals surface area contributed by atoms with Crippen LogP contribution in [0, 0.1) is 18.3 Å². The quantitative estimate of drug-likeness (QED) is 0.102. The molecular formula is C34H49NO10S. The molecule has 0 aliphatic carbocycles. The number of carbonyl (C=O) groups is 1. The molecule has 0 spiro atoms. The van der Waals surface area contributed by atoms with E-state index in [0.29, 0.717) is 69.9 Å². The number of methoxy groups -OCH3 is 1. The van der Waals surface area contributed by atoms with Crippen molar-refractivity contribution >= 4 is 16.0 Å². The van der Waals surface area contributed by atoms with E-state index >= 15 is 0 Å². The zero-order valence-corrected chi connectivity index (χ0v) is 28.7. The van der Waals surface area contributed by atoms with Crippen LogP contribution < -0.4 is 9.47 Å². The predicted molar refractivity (Wildman–Crippen MR) is 174 cm³/mol. The highest BCUT2D eigenvalue weighted by Crippen LogP contribution is 2.28. The number of terminal acetylenes is 1. The summed E-state index contributed by atoms with van der Waals surface area (Å²) in [5.41, 5.74) is -0.111. The first kappa shape index (κ1) is 39.0. The van der Waals surface area contributed by atoms with Crippen molar-refractivity contribution in [2.75, 3.05) is 66.6 Å². The summed E-state index contributed by atoms with van der Waals surface area (Å²) in [5, 5.41) is 0. The Bertz CT molecular complexity index is 1300. The van der Waals surface area contributed by atoms with Crippen molar-refractivity contribution in [3.8, 4) is 23.8 Å². The lowest BCUT2D eigenvalue weighted by atomic mass is 10.0. The number of ether oxygens (including phenoxy) is 7. The van der Waals surface area contributed by atoms with Crippen molar-refractivity contribution in [2.45, 2.75) is 57.7 Å². The number of esters is 1. The fraction of sp³-hybridized carbons (Fsp3) is 0.559. The third-order valence-corrected chi connectivity index (χ3v) is 8.16. The Morgan fingerprint density at radius 1 is 0.804 bits per heavy atom. The second-order valence-corrected chi connectivity index (χ2v) is 13.4. The summed E-state index contributed by atoms with van der Waals surface area (Å²) in [4.78, 5) is 13.4. The normalized spacial score (nSPS) is 12.6. The predicted octanol–water partition coefficient (Wildman–Crippen LogP) is 4.33. The van der Waals surface area contributed by atoms with E-state index in [1.165, 1.54) is 23.5 Å². The number of hydrogen-bond donors (Lipinski definition) is 0. The maximum Gasteiger partial charge on any atom is 0.325 e. The van der Waals surface area contributed by atoms with Crippen LogP contribution in [0.25, 0.3) is 0 Å². The van der Waals surface area contributed by atoms with Gasteiger partial charge in [-0.15, -0.1) is 6.42 Å². The average Bonchev–Trinajstić information content (AvgIpc) is 3.00. The van der Waals surface area contributed by atoms with Crippen LogP contribution in [-0.4, -0.2) is 96.9 Å². The number of sulfonamides is 1. The minimum absolute atomic E-state index is 0.0447. The van der Waals surface area contributed by atoms with Gasteiger partial charge in [0.1, 0.15) is 36.4 Å². The number of benzene rings is 2. The zero-order chi connectivity index (χ0) is 34.0. The summed E-state index contributed by atoms with van der Waals surface area (Å²) in [7, 11) is -2.61. The molecule has 0 N–H and O–H groups in total. The van der Waals surface area contributed by atoms with Crippen molar-refractivity contribution < 1.29 is 46.4 Å². The van der Waals surface area contributed by atoms with Crippen molar-refractivity contribution in [1.82, 2.24) is 4.31 Å². The first-order valence-corrected chi connectivity index (χ1v) is 16.7. The van der Waals surface area contributed by atoms with Crippen LogP contribution in [-0.2, 0) is 45.0 Å². The van der Waals surface area contributed by atoms with Crippen LogP contribution in [0.5, 0.6) is 11.5 Å². The summed E-state index contributed by atoms with van der Waals surface area (Å²) < 4.78 is 67.3. The minimum atomic E-state index is -4.11. The highest BCUT2D eigenvalue weighted by atomic mass is 32.2. The van der Waals surface area contributed by atoms with Gasteiger partial charge in [-0.25, -0.2) is 8.42 Å². The van der Waals surface area contributed by atoms with Gasteiger partial charge in [-0.1, -0.05) is 31.9 Å². The smallest absolute Gasteiger partial charge is 0.325 e. The molecule has 0 bridgehead atoms. The van der Waals surface area contributed by atoms with E-state index in [0.717, 1.165) is 0 Å². The Morgan fingerprint density at radius 2 is 1.30 bits per heavy atom. The summed E-state index contributed by atoms with van der Waals surface area (Å²) >= 11 is 0. The lowest BCUT2D eigenvalue weighted by molar-refractivity contribution is -0.161. The van der Waals surface area contributed by atoms with Crippen molar-refractivity contribution in [1.29, 1.82) is 0 Å². The minimum Gasteiger partial charge on any atom is -0.497 e. The first-order valence-electron chi connectivity index (χ1n) is 15.2. The second-order valence-electron chi connectivity index (χ2n) is 11.5. The third kappa shape index (κ3) is 14.1. The molecule has 0 unspecified atom stereocenters. The molecule has 0 aromatic heterocycles. The largest absolute Gasteiger partial charge is 0.497 e. The van der Waals surface area contributed by atoms with Crippen LogP contribution in [0.3, 0.4) is 0 Å². The highest BCUT2D eigenvalue weighted by Gasteiger charge is 2.40. The molecule has 2 aromatic carbocycles. The molecule has 12 heteroatoms. The van der Waals surface area contributed by atoms with E-state index < -0.39 is 27.6 Å². The topological polar surface area (TPSA) is 119 Å². The van der Waals surface area contributed by atoms with Crippen LogP contribution in [0.2, 0.25) is 0 Å². The SMILES string of the molecule is C#CCOCCOCCOCCOCCOc1ccc(CN([C@@H](C(=O)OC(C)(C)C)C(C)C)S(=O)(=O)c2ccc(OC)cc2)cc1. The van der Waals surface area contributed by atoms with Gasteiger partial charge in [-0.2, -0.15) is 4.31 Å². The Balaban J connectivity index is 1.96. The van der Waals surface area contributed by atoms with Crippen LogP contribution in [0.15, 0.2) is 53.4 Å². The summed E-state index contributed by atoms with van der Waals surface area (Å²) in [5.74, 6) is 2.53. The third-order valence-electron chi connectivity index (χ3n) is 6.32. The van der Waals surface area contributed by atoms with E-state index in [1.807, 2.05) is 0 Å². The maximum atomic E-state index is 14.0. The monoisotopic (exact) mass is 663 g/mol. The molecule has 11 nitrogen and oxygen atoms in total. The van der Waals surface area contributed by atoms with Gasteiger partial charge in [0.05, 0.1) is 58.3 Å². The van der Waals surface area contributed by atoms with Gasteiger partial charge in [0.15, 0.2) is 0 Å². The van der Waals surface area contributed by atoms with Crippen LogP contribution in [0.1, 0.15) is 40.2 Å². The fourth-order valence-electron chi connectivity index (χ4n) is 4.18. The van der Waals surface area contributed by atoms with Gasteiger partial charge in [-0.3, -0.25) is 4.79 Å². The molecular weight excluding hydrogens is 614 g/mol. The highest BCUT2D eigenvalue weighted by molar-refractivity contribution is 7.89. The first-order chi connectivity index (χ1) is 21.9. The average molecular weight is 664 g/mol. The number of carbonyl (C=O) groups excluding carboxylic acids is 1. The van der Waals surface area contributed by atoms with Gasteiger partial charge >= 0.3 is 5.97 Å². The van der Waals surface area contributed by atoms with Crippen molar-refractivity contribution in [3.63, 3.8) is 0 Å². The molecule has 2 rings (SSSR count). The molecule has 0 heterocycles. The molecule has 0 saturated heterocycles. The summed E-state index contributed by atoms with van der Waals surface area (Å²) in [6, 6.07) is 12.1. The number of hydrogen-bond acceptors (Lipinski definition) is 10. The standard InChI is InChI=1S/C34H49NO10S/c1-8-17-40-18-19-41-20-21-42-22-23-43-24-25-44-30-11-9-28(10-12-30)26-35(32(27(2)3)33(36)45-34(4,5)6)46(37,38)31-15-13-29(39-7)14-16-31/h1,9-16,27,32H,17-26H2,2-7H3/t32-/m1/s1. The van der Waals surface area contributed by atoms with Gasteiger partial charge in [0.2, 0.25) is 10.0 Å². The van der Waals surface area contributed by atoms with Crippen molar-refractivity contribution in [3.05, 3.63) is 54.1 Å². The summed E-state index contributed by atoms with van der Waals surface area (Å²) in [6.45, 7) is 12.5. The molecule has 0 fully saturated rings. The molecule has 2 aromatic rings. The van der Waals surface area contributed by atoms with E-state index in [9.17, 15) is 13.2 Å². The van der Waals surface area contributed by atoms with E-state index in [-0.39, 0.29) is 24.0 Å². The Kier molecular flexibility index (Phi) is 17.1. The lowest BCUT2D eigenvalue weighted by Gasteiger charge is -2.34. The number of nitrogens with zero attached hydrogens (tertiary/aromatic N) is 1. The Hall–Kier alpha value is -3.18. The molecule has 256 valence electrons.